The number of amides is 1. The van der Waals surface area contributed by atoms with Crippen LogP contribution in [0.3, 0.4) is 0 Å². The first-order valence-electron chi connectivity index (χ1n) is 6.07. The van der Waals surface area contributed by atoms with Gasteiger partial charge in [-0.25, -0.2) is 0 Å². The fraction of sp³-hybridized carbons (Fsp3) is 0.500. The molecule has 0 unspecified atom stereocenters. The average molecular weight is 296 g/mol. The summed E-state index contributed by atoms with van der Waals surface area (Å²) in [6, 6.07) is 8.44. The van der Waals surface area contributed by atoms with Crippen LogP contribution in [0.1, 0.15) is 26.3 Å². The van der Waals surface area contributed by atoms with Crippen LogP contribution in [0.4, 0.5) is 5.69 Å². The highest BCUT2D eigenvalue weighted by Gasteiger charge is 2.34. The highest BCUT2D eigenvalue weighted by atomic mass is 79.9. The van der Waals surface area contributed by atoms with Crippen LogP contribution in [0.25, 0.3) is 0 Å². The molecule has 1 aliphatic heterocycles. The number of anilines is 1. The lowest BCUT2D eigenvalue weighted by Gasteiger charge is -2.26. The molecule has 2 atom stereocenters. The van der Waals surface area contributed by atoms with Gasteiger partial charge in [-0.05, 0) is 30.9 Å². The van der Waals surface area contributed by atoms with Gasteiger partial charge in [0.25, 0.3) is 0 Å². The summed E-state index contributed by atoms with van der Waals surface area (Å²) < 4.78 is 0. The molecule has 1 amide bonds. The molecule has 17 heavy (non-hydrogen) atoms. The van der Waals surface area contributed by atoms with E-state index in [-0.39, 0.29) is 16.8 Å². The van der Waals surface area contributed by atoms with Crippen LogP contribution in [0.15, 0.2) is 24.3 Å². The predicted molar refractivity (Wildman–Crippen MR) is 74.6 cm³/mol. The molecule has 1 aromatic rings. The molecule has 1 heterocycles. The highest BCUT2D eigenvalue weighted by Crippen LogP contribution is 2.33. The number of carbonyl (C=O) groups is 1. The number of benzene rings is 1. The van der Waals surface area contributed by atoms with Crippen LogP contribution in [0, 0.1) is 5.92 Å². The molecule has 0 aromatic heterocycles. The smallest absolute Gasteiger partial charge is 0.241 e. The Morgan fingerprint density at radius 2 is 2.06 bits per heavy atom. The fourth-order valence-electron chi connectivity index (χ4n) is 2.32. The van der Waals surface area contributed by atoms with E-state index in [1.165, 1.54) is 5.56 Å². The van der Waals surface area contributed by atoms with E-state index in [0.29, 0.717) is 5.92 Å². The Morgan fingerprint density at radius 1 is 1.41 bits per heavy atom. The molecule has 0 saturated carbocycles. The normalized spacial score (nSPS) is 20.5. The van der Waals surface area contributed by atoms with Crippen molar-refractivity contribution in [3.63, 3.8) is 0 Å². The van der Waals surface area contributed by atoms with Gasteiger partial charge in [0.15, 0.2) is 0 Å². The number of carbonyl (C=O) groups excluding carboxylic acids is 1. The Hall–Kier alpha value is -0.830. The third-order valence-corrected chi connectivity index (χ3v) is 4.71. The van der Waals surface area contributed by atoms with Gasteiger partial charge in [0.2, 0.25) is 5.91 Å². The number of hydrogen-bond acceptors (Lipinski definition) is 1. The molecule has 0 N–H and O–H groups in total. The second-order valence-corrected chi connectivity index (χ2v) is 6.02. The first-order valence-corrected chi connectivity index (χ1v) is 6.99. The largest absolute Gasteiger partial charge is 0.308 e. The Kier molecular flexibility index (Phi) is 3.57. The van der Waals surface area contributed by atoms with E-state index >= 15 is 0 Å². The van der Waals surface area contributed by atoms with Gasteiger partial charge in [0.1, 0.15) is 0 Å². The molecular weight excluding hydrogens is 278 g/mol. The molecular formula is C14H18BrNO. The molecule has 0 bridgehead atoms. The number of hydrogen-bond donors (Lipinski definition) is 0. The van der Waals surface area contributed by atoms with Crippen molar-refractivity contribution >= 4 is 27.5 Å². The summed E-state index contributed by atoms with van der Waals surface area (Å²) in [5.74, 6) is 0.486. The van der Waals surface area contributed by atoms with Gasteiger partial charge in [-0.2, -0.15) is 0 Å². The molecule has 0 saturated heterocycles. The van der Waals surface area contributed by atoms with Crippen molar-refractivity contribution in [3.05, 3.63) is 29.8 Å². The van der Waals surface area contributed by atoms with Crippen molar-refractivity contribution in [2.45, 2.75) is 38.1 Å². The monoisotopic (exact) mass is 295 g/mol. The van der Waals surface area contributed by atoms with E-state index in [1.54, 1.807) is 0 Å². The van der Waals surface area contributed by atoms with Crippen LogP contribution < -0.4 is 4.90 Å². The van der Waals surface area contributed by atoms with Crippen molar-refractivity contribution in [1.82, 2.24) is 0 Å². The second kappa shape index (κ2) is 4.81. The average Bonchev–Trinajstić information content (AvgIpc) is 2.62. The minimum absolute atomic E-state index is 0.101. The van der Waals surface area contributed by atoms with Gasteiger partial charge < -0.3 is 4.90 Å². The number of para-hydroxylation sites is 1. The zero-order valence-corrected chi connectivity index (χ0v) is 12.1. The lowest BCUT2D eigenvalue weighted by molar-refractivity contribution is -0.118. The summed E-state index contributed by atoms with van der Waals surface area (Å²) in [4.78, 5) is 14.3. The number of halogens is 1. The maximum atomic E-state index is 12.4. The van der Waals surface area contributed by atoms with Gasteiger partial charge >= 0.3 is 0 Å². The molecule has 2 nitrogen and oxygen atoms in total. The summed E-state index contributed by atoms with van der Waals surface area (Å²) in [5.41, 5.74) is 2.35. The van der Waals surface area contributed by atoms with Crippen LogP contribution in [0.5, 0.6) is 0 Å². The van der Waals surface area contributed by atoms with Crippen LogP contribution in [-0.2, 0) is 11.2 Å². The summed E-state index contributed by atoms with van der Waals surface area (Å²) in [6.07, 6.45) is 0.958. The first kappa shape index (κ1) is 12.6. The number of alkyl halides is 1. The summed E-state index contributed by atoms with van der Waals surface area (Å²) in [5, 5.41) is 0. The van der Waals surface area contributed by atoms with Gasteiger partial charge in [-0.1, -0.05) is 48.0 Å². The van der Waals surface area contributed by atoms with Crippen molar-refractivity contribution in [2.24, 2.45) is 5.92 Å². The lowest BCUT2D eigenvalue weighted by Crippen LogP contribution is -2.42. The third-order valence-electron chi connectivity index (χ3n) is 3.27. The number of rotatable bonds is 2. The van der Waals surface area contributed by atoms with Crippen molar-refractivity contribution in [1.29, 1.82) is 0 Å². The summed E-state index contributed by atoms with van der Waals surface area (Å²) in [7, 11) is 0. The topological polar surface area (TPSA) is 20.3 Å². The van der Waals surface area contributed by atoms with E-state index in [2.05, 4.69) is 42.8 Å². The summed E-state index contributed by atoms with van der Waals surface area (Å²) >= 11 is 3.51. The van der Waals surface area contributed by atoms with Crippen molar-refractivity contribution in [2.75, 3.05) is 4.90 Å². The summed E-state index contributed by atoms with van der Waals surface area (Å²) in [6.45, 7) is 6.23. The van der Waals surface area contributed by atoms with Gasteiger partial charge in [-0.3, -0.25) is 4.79 Å². The van der Waals surface area contributed by atoms with Gasteiger partial charge in [0, 0.05) is 11.7 Å². The Labute approximate surface area is 111 Å². The van der Waals surface area contributed by atoms with Crippen LogP contribution in [-0.4, -0.2) is 16.8 Å². The van der Waals surface area contributed by atoms with Gasteiger partial charge in [-0.15, -0.1) is 0 Å². The SMILES string of the molecule is CC(C)[C@H](Br)C(=O)N1c2ccccc2C[C@H]1C. The van der Waals surface area contributed by atoms with E-state index in [9.17, 15) is 4.79 Å². The second-order valence-electron chi connectivity index (χ2n) is 5.04. The quantitative estimate of drug-likeness (QED) is 0.766. The predicted octanol–water partition coefficient (Wildman–Crippen LogP) is 3.38. The maximum Gasteiger partial charge on any atom is 0.241 e. The van der Waals surface area contributed by atoms with E-state index in [1.807, 2.05) is 23.1 Å². The minimum Gasteiger partial charge on any atom is -0.308 e. The van der Waals surface area contributed by atoms with E-state index in [4.69, 9.17) is 0 Å². The van der Waals surface area contributed by atoms with E-state index in [0.717, 1.165) is 12.1 Å². The molecule has 0 spiro atoms. The van der Waals surface area contributed by atoms with E-state index < -0.39 is 0 Å². The molecule has 0 radical (unpaired) electrons. The molecule has 1 aromatic carbocycles. The molecule has 92 valence electrons. The Balaban J connectivity index is 2.30. The Bertz CT molecular complexity index is 430. The molecule has 0 aliphatic carbocycles. The third kappa shape index (κ3) is 2.25. The standard InChI is InChI=1S/C14H18BrNO/c1-9(2)13(15)14(17)16-10(3)8-11-6-4-5-7-12(11)16/h4-7,9-10,13H,8H2,1-3H3/t10-,13+/m1/s1. The molecule has 1 aliphatic rings. The minimum atomic E-state index is -0.101. The molecule has 3 heteroatoms. The maximum absolute atomic E-state index is 12.4. The lowest BCUT2D eigenvalue weighted by atomic mass is 10.1. The van der Waals surface area contributed by atoms with Crippen molar-refractivity contribution in [3.8, 4) is 0 Å². The van der Waals surface area contributed by atoms with Gasteiger partial charge in [0.05, 0.1) is 4.83 Å². The number of nitrogens with zero attached hydrogens (tertiary/aromatic N) is 1. The fourth-order valence-corrected chi connectivity index (χ4v) is 2.54. The highest BCUT2D eigenvalue weighted by molar-refractivity contribution is 9.10. The van der Waals surface area contributed by atoms with Crippen molar-refractivity contribution < 1.29 is 4.79 Å². The molecule has 0 fully saturated rings. The number of fused-ring (bicyclic) bond motifs is 1. The zero-order valence-electron chi connectivity index (χ0n) is 10.5. The van der Waals surface area contributed by atoms with Crippen LogP contribution >= 0.6 is 15.9 Å². The first-order chi connectivity index (χ1) is 8.02. The van der Waals surface area contributed by atoms with Crippen LogP contribution in [0.2, 0.25) is 0 Å². The molecule has 2 rings (SSSR count). The Morgan fingerprint density at radius 3 is 2.71 bits per heavy atom. The zero-order chi connectivity index (χ0) is 12.6.